The van der Waals surface area contributed by atoms with Crippen molar-refractivity contribution in [1.29, 1.82) is 0 Å². The van der Waals surface area contributed by atoms with Gasteiger partial charge in [0.1, 0.15) is 5.75 Å². The van der Waals surface area contributed by atoms with Crippen LogP contribution < -0.4 is 10.3 Å². The van der Waals surface area contributed by atoms with Gasteiger partial charge in [-0.2, -0.15) is 0 Å². The number of nitrogens with one attached hydrogen (secondary N) is 2. The Kier molecular flexibility index (Phi) is 9.16. The summed E-state index contributed by atoms with van der Waals surface area (Å²) in [5.41, 5.74) is 3.66. The van der Waals surface area contributed by atoms with Gasteiger partial charge in [0.2, 0.25) is 0 Å². The number of ether oxygens (including phenoxy) is 1. The van der Waals surface area contributed by atoms with Gasteiger partial charge in [-0.25, -0.2) is 0 Å². The molecule has 0 fully saturated rings. The van der Waals surface area contributed by atoms with Gasteiger partial charge < -0.3 is 14.9 Å². The molecular formula is C29H36ClN3O4. The van der Waals surface area contributed by atoms with E-state index in [4.69, 9.17) is 21.4 Å². The highest BCUT2D eigenvalue weighted by Crippen LogP contribution is 2.34. The molecule has 1 aliphatic rings. The fourth-order valence-corrected chi connectivity index (χ4v) is 4.19. The van der Waals surface area contributed by atoms with Gasteiger partial charge in [0.25, 0.3) is 5.56 Å². The maximum Gasteiger partial charge on any atom is 0.273 e. The molecule has 0 amide bonds. The first-order valence-corrected chi connectivity index (χ1v) is 12.9. The van der Waals surface area contributed by atoms with Crippen molar-refractivity contribution >= 4 is 23.0 Å². The number of carbonyl (C=O) groups is 1. The minimum absolute atomic E-state index is 0.0177. The highest BCUT2D eigenvalue weighted by Gasteiger charge is 2.30. The minimum Gasteiger partial charge on any atom is -0.493 e. The van der Waals surface area contributed by atoms with Crippen LogP contribution in [0.15, 0.2) is 47.5 Å². The van der Waals surface area contributed by atoms with Crippen LogP contribution in [0.3, 0.4) is 0 Å². The normalized spacial score (nSPS) is 15.5. The summed E-state index contributed by atoms with van der Waals surface area (Å²) in [7, 11) is 0. The Morgan fingerprint density at radius 1 is 1.32 bits per heavy atom. The molecule has 198 valence electrons. The Morgan fingerprint density at radius 3 is 2.59 bits per heavy atom. The number of hydrogen-bond donors (Lipinski definition) is 3. The van der Waals surface area contributed by atoms with Gasteiger partial charge in [0.05, 0.1) is 29.4 Å². The number of hydrogen-bond acceptors (Lipinski definition) is 5. The molecule has 0 bridgehead atoms. The number of H-pyrrole nitrogens is 2. The number of fused-ring (bicyclic) bond motifs is 1. The first-order chi connectivity index (χ1) is 17.4. The van der Waals surface area contributed by atoms with Crippen LogP contribution in [-0.4, -0.2) is 38.3 Å². The summed E-state index contributed by atoms with van der Waals surface area (Å²) in [6, 6.07) is 7.38. The number of carbonyl (C=O) groups excluding carboxylic acids is 1. The van der Waals surface area contributed by atoms with Crippen molar-refractivity contribution < 1.29 is 14.6 Å². The number of pyridine rings is 1. The number of halogens is 1. The lowest BCUT2D eigenvalue weighted by molar-refractivity contribution is -0.118. The average Bonchev–Trinajstić information content (AvgIpc) is 3.29. The molecule has 3 N–H and O–H groups in total. The molecule has 1 aliphatic heterocycles. The first-order valence-electron chi connectivity index (χ1n) is 12.6. The molecule has 0 saturated heterocycles. The van der Waals surface area contributed by atoms with Crippen molar-refractivity contribution in [3.05, 3.63) is 74.8 Å². The molecule has 2 aromatic heterocycles. The van der Waals surface area contributed by atoms with E-state index in [0.717, 1.165) is 28.9 Å². The number of aromatic nitrogens is 3. The Labute approximate surface area is 222 Å². The van der Waals surface area contributed by atoms with E-state index >= 15 is 0 Å². The van der Waals surface area contributed by atoms with Gasteiger partial charge in [-0.15, -0.1) is 0 Å². The summed E-state index contributed by atoms with van der Waals surface area (Å²) in [6.45, 7) is 11.9. The van der Waals surface area contributed by atoms with E-state index < -0.39 is 5.60 Å². The lowest BCUT2D eigenvalue weighted by Crippen LogP contribution is -2.29. The molecule has 3 heterocycles. The second kappa shape index (κ2) is 11.9. The number of benzene rings is 1. The predicted octanol–water partition coefficient (Wildman–Crippen LogP) is 5.93. The summed E-state index contributed by atoms with van der Waals surface area (Å²) in [5.74, 6) is 0.634. The molecule has 4 rings (SSSR count). The van der Waals surface area contributed by atoms with Crippen molar-refractivity contribution in [2.24, 2.45) is 5.92 Å². The van der Waals surface area contributed by atoms with Gasteiger partial charge >= 0.3 is 0 Å². The Morgan fingerprint density at radius 2 is 2.03 bits per heavy atom. The monoisotopic (exact) mass is 525 g/mol. The predicted molar refractivity (Wildman–Crippen MR) is 148 cm³/mol. The number of allylic oxidation sites excluding steroid dienone is 2. The summed E-state index contributed by atoms with van der Waals surface area (Å²) in [6.07, 6.45) is 6.53. The van der Waals surface area contributed by atoms with Gasteiger partial charge in [-0.1, -0.05) is 38.4 Å². The van der Waals surface area contributed by atoms with E-state index in [-0.39, 0.29) is 23.2 Å². The van der Waals surface area contributed by atoms with Crippen molar-refractivity contribution in [2.75, 3.05) is 6.61 Å². The molecule has 0 spiro atoms. The number of rotatable bonds is 6. The van der Waals surface area contributed by atoms with Crippen molar-refractivity contribution in [3.8, 4) is 17.0 Å². The summed E-state index contributed by atoms with van der Waals surface area (Å²) >= 11 is 6.13. The lowest BCUT2D eigenvalue weighted by Gasteiger charge is -2.26. The summed E-state index contributed by atoms with van der Waals surface area (Å²) in [4.78, 5) is 30.0. The van der Waals surface area contributed by atoms with Crippen LogP contribution in [0.1, 0.15) is 70.6 Å². The van der Waals surface area contributed by atoms with Gasteiger partial charge in [0.15, 0.2) is 5.78 Å². The second-order valence-corrected chi connectivity index (χ2v) is 10.6. The van der Waals surface area contributed by atoms with Crippen LogP contribution in [0.4, 0.5) is 0 Å². The number of nitrogens with zero attached hydrogens (tertiary/aromatic N) is 1. The standard InChI is InChI=1S/C24H24ClN3O3.C5H12O/c1-4-17(23(29)15-7-14-8-16(25)5-6-22(14)31-12-15)19-10-26-21(9-18(19)13(2)3)20-11-27-28-24(20)30;1-4-5(2,3)6/h4-6,8-11,13,15H,7,12H2,1-3H3,(H2,27,28,30);6H,4H2,1-3H3/b17-4+;/t15-;/m0./s1. The van der Waals surface area contributed by atoms with Gasteiger partial charge in [-0.3, -0.25) is 19.7 Å². The molecule has 0 aliphatic carbocycles. The first kappa shape index (κ1) is 28.4. The molecule has 7 nitrogen and oxygen atoms in total. The van der Waals surface area contributed by atoms with Crippen LogP contribution in [0.25, 0.3) is 16.8 Å². The fraction of sp³-hybridized carbons (Fsp3) is 0.414. The molecule has 8 heteroatoms. The van der Waals surface area contributed by atoms with Crippen LogP contribution in [0.2, 0.25) is 5.02 Å². The molecule has 0 radical (unpaired) electrons. The maximum atomic E-state index is 13.5. The van der Waals surface area contributed by atoms with E-state index in [2.05, 4.69) is 29.0 Å². The lowest BCUT2D eigenvalue weighted by atomic mass is 9.84. The summed E-state index contributed by atoms with van der Waals surface area (Å²) < 4.78 is 5.84. The van der Waals surface area contributed by atoms with Crippen molar-refractivity contribution in [3.63, 3.8) is 0 Å². The van der Waals surface area contributed by atoms with Crippen molar-refractivity contribution in [2.45, 2.75) is 65.9 Å². The zero-order valence-electron chi connectivity index (χ0n) is 22.3. The van der Waals surface area contributed by atoms with E-state index in [0.29, 0.717) is 34.9 Å². The summed E-state index contributed by atoms with van der Waals surface area (Å²) in [5, 5.41) is 14.7. The Balaban J connectivity index is 0.000000568. The van der Waals surface area contributed by atoms with Crippen LogP contribution in [-0.2, 0) is 11.2 Å². The zero-order valence-corrected chi connectivity index (χ0v) is 23.1. The quantitative estimate of drug-likeness (QED) is 0.345. The molecule has 3 aromatic rings. The molecule has 1 aromatic carbocycles. The fourth-order valence-electron chi connectivity index (χ4n) is 4.00. The number of Topliss-reactive ketones (excluding diaryl/α,β-unsaturated/α-hetero) is 1. The van der Waals surface area contributed by atoms with E-state index in [1.54, 1.807) is 32.3 Å². The third kappa shape index (κ3) is 6.99. The largest absolute Gasteiger partial charge is 0.493 e. The van der Waals surface area contributed by atoms with E-state index in [9.17, 15) is 9.59 Å². The smallest absolute Gasteiger partial charge is 0.273 e. The van der Waals surface area contributed by atoms with Crippen molar-refractivity contribution in [1.82, 2.24) is 15.2 Å². The van der Waals surface area contributed by atoms with E-state index in [1.807, 2.05) is 38.1 Å². The van der Waals surface area contributed by atoms with Crippen LogP contribution in [0, 0.1) is 5.92 Å². The van der Waals surface area contributed by atoms with Gasteiger partial charge in [0, 0.05) is 28.6 Å². The third-order valence-electron chi connectivity index (χ3n) is 6.49. The van der Waals surface area contributed by atoms with Gasteiger partial charge in [-0.05, 0) is 74.9 Å². The molecule has 1 atom stereocenters. The highest BCUT2D eigenvalue weighted by molar-refractivity contribution is 6.30. The van der Waals surface area contributed by atoms with E-state index in [1.165, 1.54) is 0 Å². The Hall–Kier alpha value is -3.16. The van der Waals surface area contributed by atoms with Crippen LogP contribution >= 0.6 is 11.6 Å². The SMILES string of the molecule is C/C=C(/C(=O)[C@@H]1COc2ccc(Cl)cc2C1)c1cnc(-c2c[nH][nH]c2=O)cc1C(C)C.CCC(C)(C)O. The highest BCUT2D eigenvalue weighted by atomic mass is 35.5. The third-order valence-corrected chi connectivity index (χ3v) is 6.73. The number of aliphatic hydroxyl groups is 1. The molecular weight excluding hydrogens is 490 g/mol. The minimum atomic E-state index is -0.458. The molecule has 0 unspecified atom stereocenters. The Bertz CT molecular complexity index is 1330. The molecule has 37 heavy (non-hydrogen) atoms. The zero-order chi connectivity index (χ0) is 27.3. The maximum absolute atomic E-state index is 13.5. The number of ketones is 1. The topological polar surface area (TPSA) is 108 Å². The molecule has 0 saturated carbocycles. The number of aromatic amines is 2. The average molecular weight is 526 g/mol. The van der Waals surface area contributed by atoms with Crippen LogP contribution in [0.5, 0.6) is 5.75 Å². The second-order valence-electron chi connectivity index (χ2n) is 10.2.